The fourth-order valence-corrected chi connectivity index (χ4v) is 1.02. The summed E-state index contributed by atoms with van der Waals surface area (Å²) in [5, 5.41) is 3.65. The van der Waals surface area contributed by atoms with Crippen LogP contribution in [0, 0.1) is 0 Å². The van der Waals surface area contributed by atoms with Gasteiger partial charge < -0.3 is 0 Å². The molecule has 0 bridgehead atoms. The van der Waals surface area contributed by atoms with Crippen molar-refractivity contribution in [3.8, 4) is 0 Å². The van der Waals surface area contributed by atoms with E-state index in [1.807, 2.05) is 24.3 Å². The molecule has 1 aromatic rings. The van der Waals surface area contributed by atoms with Crippen molar-refractivity contribution in [2.24, 2.45) is 9.75 Å². The van der Waals surface area contributed by atoms with E-state index in [4.69, 9.17) is 11.8 Å². The maximum atomic E-state index is 5.05. The molecule has 0 saturated carbocycles. The van der Waals surface area contributed by atoms with Gasteiger partial charge in [-0.05, 0) is 28.1 Å². The van der Waals surface area contributed by atoms with Crippen LogP contribution < -0.4 is 0 Å². The normalized spacial score (nSPS) is 10.6. The highest BCUT2D eigenvalue weighted by Gasteiger charge is 1.92. The lowest BCUT2D eigenvalue weighted by Gasteiger charge is -1.91. The molecule has 0 amide bonds. The Morgan fingerprint density at radius 2 is 2.00 bits per heavy atom. The average Bonchev–Trinajstić information content (AvgIpc) is 1.94. The van der Waals surface area contributed by atoms with E-state index < -0.39 is 0 Å². The summed E-state index contributed by atoms with van der Waals surface area (Å²) in [4.78, 5) is 0. The van der Waals surface area contributed by atoms with Gasteiger partial charge in [0.25, 0.3) is 0 Å². The maximum absolute atomic E-state index is 5.05. The number of benzene rings is 1. The quantitative estimate of drug-likeness (QED) is 0.644. The third kappa shape index (κ3) is 1.78. The Hall–Kier alpha value is -0.410. The summed E-state index contributed by atoms with van der Waals surface area (Å²) < 4.78 is 4.02. The van der Waals surface area contributed by atoms with Gasteiger partial charge in [-0.2, -0.15) is 0 Å². The molecule has 0 radical (unpaired) electrons. The summed E-state index contributed by atoms with van der Waals surface area (Å²) in [7, 11) is 0. The highest BCUT2D eigenvalue weighted by molar-refractivity contribution is 9.10. The first-order chi connectivity index (χ1) is 4.84. The molecule has 0 fully saturated rings. The van der Waals surface area contributed by atoms with Crippen LogP contribution in [0.3, 0.4) is 0 Å². The minimum absolute atomic E-state index is 0.734. The summed E-state index contributed by atoms with van der Waals surface area (Å²) in [5.41, 5.74) is 0.734. The number of hydrogen-bond acceptors (Lipinski definition) is 2. The fraction of sp³-hybridized carbons (Fsp3) is 0. The van der Waals surface area contributed by atoms with E-state index in [9.17, 15) is 0 Å². The van der Waals surface area contributed by atoms with Crippen LogP contribution in [0.5, 0.6) is 0 Å². The molecule has 0 unspecified atom stereocenters. The van der Waals surface area contributed by atoms with Crippen molar-refractivity contribution in [2.45, 2.75) is 0 Å². The highest BCUT2D eigenvalue weighted by Crippen LogP contribution is 2.24. The Morgan fingerprint density at radius 1 is 1.30 bits per heavy atom. The Kier molecular flexibility index (Phi) is 2.83. The van der Waals surface area contributed by atoms with E-state index in [2.05, 4.69) is 25.7 Å². The Labute approximate surface area is 72.2 Å². The molecule has 0 aromatic heterocycles. The van der Waals surface area contributed by atoms with Crippen molar-refractivity contribution < 1.29 is 0 Å². The summed E-state index contributed by atoms with van der Waals surface area (Å²) >= 11 is 8.33. The van der Waals surface area contributed by atoms with Crippen LogP contribution in [0.1, 0.15) is 0 Å². The van der Waals surface area contributed by atoms with Gasteiger partial charge in [0, 0.05) is 4.47 Å². The predicted octanol–water partition coefficient (Wildman–Crippen LogP) is 3.69. The van der Waals surface area contributed by atoms with Gasteiger partial charge in [-0.25, -0.2) is 0 Å². The smallest absolute Gasteiger partial charge is 0.101 e. The molecule has 0 saturated heterocycles. The molecule has 0 aliphatic carbocycles. The lowest BCUT2D eigenvalue weighted by Crippen LogP contribution is -1.63. The lowest BCUT2D eigenvalue weighted by atomic mass is 10.3. The molecule has 0 spiro atoms. The molecule has 0 aliphatic rings. The van der Waals surface area contributed by atoms with E-state index in [1.165, 1.54) is 0 Å². The predicted molar refractivity (Wildman–Crippen MR) is 44.5 cm³/mol. The average molecular weight is 219 g/mol. The zero-order chi connectivity index (χ0) is 7.40. The summed E-state index contributed by atoms with van der Waals surface area (Å²) in [6.45, 7) is 0. The molecule has 2 nitrogen and oxygen atoms in total. The topological polar surface area (TPSA) is 24.7 Å². The first kappa shape index (κ1) is 7.69. The molecule has 4 heteroatoms. The minimum Gasteiger partial charge on any atom is -0.137 e. The Balaban J connectivity index is 3.03. The van der Waals surface area contributed by atoms with Crippen molar-refractivity contribution in [3.63, 3.8) is 0 Å². The Morgan fingerprint density at radius 3 is 2.60 bits per heavy atom. The monoisotopic (exact) mass is 218 g/mol. The molecule has 0 heterocycles. The third-order valence-corrected chi connectivity index (χ3v) is 1.74. The third-order valence-electron chi connectivity index (χ3n) is 0.998. The van der Waals surface area contributed by atoms with Gasteiger partial charge in [0.15, 0.2) is 0 Å². The van der Waals surface area contributed by atoms with Gasteiger partial charge in [0.1, 0.15) is 5.69 Å². The van der Waals surface area contributed by atoms with Gasteiger partial charge in [0.05, 0.1) is 11.8 Å². The molecule has 0 aliphatic heterocycles. The SMILES string of the molecule is Cl/N=N\c1ccccc1Br. The van der Waals surface area contributed by atoms with E-state index >= 15 is 0 Å². The molecular weight excluding hydrogens is 215 g/mol. The van der Waals surface area contributed by atoms with Crippen LogP contribution in [0.15, 0.2) is 38.5 Å². The molecule has 0 N–H and O–H groups in total. The van der Waals surface area contributed by atoms with Crippen molar-refractivity contribution in [3.05, 3.63) is 28.7 Å². The van der Waals surface area contributed by atoms with Crippen molar-refractivity contribution >= 4 is 33.4 Å². The van der Waals surface area contributed by atoms with Gasteiger partial charge in [-0.15, -0.1) is 5.11 Å². The summed E-state index contributed by atoms with van der Waals surface area (Å²) in [6, 6.07) is 7.46. The van der Waals surface area contributed by atoms with E-state index in [0.29, 0.717) is 0 Å². The fourth-order valence-electron chi connectivity index (χ4n) is 0.574. The molecule has 10 heavy (non-hydrogen) atoms. The molecule has 1 rings (SSSR count). The molecule has 52 valence electrons. The number of nitrogens with zero attached hydrogens (tertiary/aromatic N) is 2. The van der Waals surface area contributed by atoms with Gasteiger partial charge >= 0.3 is 0 Å². The molecule has 1 aromatic carbocycles. The van der Waals surface area contributed by atoms with Crippen LogP contribution in [-0.2, 0) is 0 Å². The van der Waals surface area contributed by atoms with Gasteiger partial charge in [-0.1, -0.05) is 16.8 Å². The van der Waals surface area contributed by atoms with Crippen molar-refractivity contribution in [2.75, 3.05) is 0 Å². The second kappa shape index (κ2) is 3.68. The zero-order valence-electron chi connectivity index (χ0n) is 4.96. The summed E-state index contributed by atoms with van der Waals surface area (Å²) in [6.07, 6.45) is 0. The largest absolute Gasteiger partial charge is 0.137 e. The van der Waals surface area contributed by atoms with Gasteiger partial charge in [0.2, 0.25) is 0 Å². The first-order valence-corrected chi connectivity index (χ1v) is 3.74. The molecular formula is C6H4BrClN2. The number of hydrogen-bond donors (Lipinski definition) is 0. The van der Waals surface area contributed by atoms with E-state index in [1.54, 1.807) is 0 Å². The van der Waals surface area contributed by atoms with Crippen LogP contribution in [-0.4, -0.2) is 0 Å². The van der Waals surface area contributed by atoms with Crippen molar-refractivity contribution in [1.29, 1.82) is 0 Å². The molecule has 0 atom stereocenters. The number of rotatable bonds is 1. The number of halogens is 2. The minimum atomic E-state index is 0.734. The van der Waals surface area contributed by atoms with Crippen LogP contribution in [0.25, 0.3) is 0 Å². The summed E-state index contributed by atoms with van der Waals surface area (Å²) in [5.74, 6) is 0. The van der Waals surface area contributed by atoms with Crippen molar-refractivity contribution in [1.82, 2.24) is 0 Å². The highest BCUT2D eigenvalue weighted by atomic mass is 79.9. The van der Waals surface area contributed by atoms with E-state index in [-0.39, 0.29) is 0 Å². The Bertz CT molecular complexity index is 249. The maximum Gasteiger partial charge on any atom is 0.101 e. The second-order valence-corrected chi connectivity index (χ2v) is 2.63. The first-order valence-electron chi connectivity index (χ1n) is 2.61. The standard InChI is InChI=1S/C6H4BrClN2/c7-5-3-1-2-4-6(5)9-10-8/h1-4H/b10-9-. The second-order valence-electron chi connectivity index (χ2n) is 1.63. The van der Waals surface area contributed by atoms with Crippen LogP contribution in [0.4, 0.5) is 5.69 Å². The van der Waals surface area contributed by atoms with E-state index in [0.717, 1.165) is 10.2 Å². The zero-order valence-corrected chi connectivity index (χ0v) is 7.30. The lowest BCUT2D eigenvalue weighted by molar-refractivity contribution is 1.31. The van der Waals surface area contributed by atoms with Crippen LogP contribution in [0.2, 0.25) is 0 Å². The van der Waals surface area contributed by atoms with Crippen LogP contribution >= 0.6 is 27.7 Å². The van der Waals surface area contributed by atoms with Gasteiger partial charge in [-0.3, -0.25) is 0 Å².